The Balaban J connectivity index is 1.79. The van der Waals surface area contributed by atoms with E-state index >= 15 is 0 Å². The average Bonchev–Trinajstić information content (AvgIpc) is 3.29. The summed E-state index contributed by atoms with van der Waals surface area (Å²) in [5.74, 6) is 0.697. The zero-order valence-electron chi connectivity index (χ0n) is 13.8. The molecule has 3 aromatic rings. The molecule has 0 aliphatic carbocycles. The second-order valence-corrected chi connectivity index (χ2v) is 7.46. The molecule has 9 heteroatoms. The average molecular weight is 431 g/mol. The Hall–Kier alpha value is -2.03. The van der Waals surface area contributed by atoms with E-state index in [1.807, 2.05) is 28.5 Å². The van der Waals surface area contributed by atoms with Crippen molar-refractivity contribution in [2.75, 3.05) is 5.32 Å². The van der Waals surface area contributed by atoms with Gasteiger partial charge in [0, 0.05) is 10.6 Å². The first-order valence-electron chi connectivity index (χ1n) is 7.80. The summed E-state index contributed by atoms with van der Waals surface area (Å²) in [6, 6.07) is 11.1. The number of rotatable bonds is 5. The van der Waals surface area contributed by atoms with Gasteiger partial charge in [-0.25, -0.2) is 0 Å². The van der Waals surface area contributed by atoms with Crippen LogP contribution in [0.4, 0.5) is 18.9 Å². The molecular weight excluding hydrogens is 417 g/mol. The number of benzene rings is 1. The highest BCUT2D eigenvalue weighted by Gasteiger charge is 2.33. The molecule has 0 fully saturated rings. The first-order chi connectivity index (χ1) is 12.8. The maximum absolute atomic E-state index is 13.1. The van der Waals surface area contributed by atoms with Crippen molar-refractivity contribution in [1.29, 1.82) is 0 Å². The minimum atomic E-state index is -4.54. The summed E-state index contributed by atoms with van der Waals surface area (Å²) in [6.07, 6.45) is -2.98. The predicted molar refractivity (Wildman–Crippen MR) is 105 cm³/mol. The topological polar surface area (TPSA) is 28.4 Å². The Labute approximate surface area is 168 Å². The zero-order chi connectivity index (χ0) is 19.4. The maximum Gasteiger partial charge on any atom is 0.417 e. The van der Waals surface area contributed by atoms with Crippen LogP contribution in [0.5, 0.6) is 0 Å². The number of thiophene rings is 1. The second-order valence-electron chi connectivity index (χ2n) is 5.64. The number of alkyl halides is 3. The van der Waals surface area contributed by atoms with Gasteiger partial charge in [-0.1, -0.05) is 17.7 Å². The molecular formula is C18H14ClF3N2OS2. The Kier molecular flexibility index (Phi) is 6.08. The fourth-order valence-electron chi connectivity index (χ4n) is 2.40. The van der Waals surface area contributed by atoms with Crippen LogP contribution in [0.15, 0.2) is 58.5 Å². The summed E-state index contributed by atoms with van der Waals surface area (Å²) in [5, 5.41) is 4.75. The predicted octanol–water partition coefficient (Wildman–Crippen LogP) is 6.41. The number of thiocarbonyl (C=S) groups is 1. The van der Waals surface area contributed by atoms with Gasteiger partial charge in [-0.15, -0.1) is 11.3 Å². The Morgan fingerprint density at radius 3 is 2.63 bits per heavy atom. The summed E-state index contributed by atoms with van der Waals surface area (Å²) >= 11 is 12.7. The third kappa shape index (κ3) is 5.24. The number of furan rings is 1. The van der Waals surface area contributed by atoms with Crippen molar-refractivity contribution >= 4 is 46.0 Å². The smallest absolute Gasteiger partial charge is 0.417 e. The molecule has 0 atom stereocenters. The van der Waals surface area contributed by atoms with E-state index in [0.717, 1.165) is 10.9 Å². The molecule has 0 saturated heterocycles. The molecule has 2 heterocycles. The molecule has 1 N–H and O–H groups in total. The molecule has 3 nitrogen and oxygen atoms in total. The lowest BCUT2D eigenvalue weighted by Gasteiger charge is -2.25. The van der Waals surface area contributed by atoms with Gasteiger partial charge in [-0.05, 0) is 54.0 Å². The van der Waals surface area contributed by atoms with E-state index in [4.69, 9.17) is 28.2 Å². The van der Waals surface area contributed by atoms with E-state index < -0.39 is 11.7 Å². The van der Waals surface area contributed by atoms with Crippen LogP contribution in [0.3, 0.4) is 0 Å². The van der Waals surface area contributed by atoms with Crippen LogP contribution in [-0.2, 0) is 19.3 Å². The first-order valence-corrected chi connectivity index (χ1v) is 9.47. The Morgan fingerprint density at radius 1 is 1.19 bits per heavy atom. The van der Waals surface area contributed by atoms with Crippen molar-refractivity contribution in [3.05, 3.63) is 75.3 Å². The number of nitrogens with zero attached hydrogens (tertiary/aromatic N) is 1. The second kappa shape index (κ2) is 8.33. The van der Waals surface area contributed by atoms with Gasteiger partial charge in [0.05, 0.1) is 29.9 Å². The summed E-state index contributed by atoms with van der Waals surface area (Å²) < 4.78 is 44.6. The number of anilines is 1. The molecule has 0 saturated carbocycles. The van der Waals surface area contributed by atoms with Gasteiger partial charge in [0.1, 0.15) is 5.76 Å². The minimum absolute atomic E-state index is 0.215. The third-order valence-electron chi connectivity index (χ3n) is 3.66. The van der Waals surface area contributed by atoms with E-state index in [1.54, 1.807) is 23.7 Å². The van der Waals surface area contributed by atoms with E-state index in [0.29, 0.717) is 18.8 Å². The largest absolute Gasteiger partial charge is 0.467 e. The van der Waals surface area contributed by atoms with Gasteiger partial charge in [-0.2, -0.15) is 13.2 Å². The van der Waals surface area contributed by atoms with Gasteiger partial charge in [-0.3, -0.25) is 0 Å². The van der Waals surface area contributed by atoms with Crippen molar-refractivity contribution in [2.24, 2.45) is 0 Å². The molecule has 1 aromatic carbocycles. The zero-order valence-corrected chi connectivity index (χ0v) is 16.2. The molecule has 0 amide bonds. The number of nitrogens with one attached hydrogen (secondary N) is 1. The quantitative estimate of drug-likeness (QED) is 0.473. The van der Waals surface area contributed by atoms with Crippen LogP contribution in [-0.4, -0.2) is 10.0 Å². The molecule has 0 bridgehead atoms. The molecule has 27 heavy (non-hydrogen) atoms. The fraction of sp³-hybridized carbons (Fsp3) is 0.167. The van der Waals surface area contributed by atoms with Gasteiger partial charge >= 0.3 is 6.18 Å². The fourth-order valence-corrected chi connectivity index (χ4v) is 3.59. The van der Waals surface area contributed by atoms with Crippen LogP contribution < -0.4 is 5.32 Å². The van der Waals surface area contributed by atoms with E-state index in [9.17, 15) is 13.2 Å². The number of halogens is 4. The Morgan fingerprint density at radius 2 is 2.00 bits per heavy atom. The highest BCUT2D eigenvalue weighted by Crippen LogP contribution is 2.36. The van der Waals surface area contributed by atoms with Gasteiger partial charge in [0.15, 0.2) is 5.11 Å². The lowest BCUT2D eigenvalue weighted by molar-refractivity contribution is -0.137. The van der Waals surface area contributed by atoms with Gasteiger partial charge in [0.2, 0.25) is 0 Å². The third-order valence-corrected chi connectivity index (χ3v) is 5.21. The van der Waals surface area contributed by atoms with Crippen LogP contribution in [0, 0.1) is 0 Å². The summed E-state index contributed by atoms with van der Waals surface area (Å²) in [4.78, 5) is 2.89. The minimum Gasteiger partial charge on any atom is -0.467 e. The highest BCUT2D eigenvalue weighted by atomic mass is 35.5. The van der Waals surface area contributed by atoms with E-state index in [-0.39, 0.29) is 15.8 Å². The van der Waals surface area contributed by atoms with Gasteiger partial charge in [0.25, 0.3) is 0 Å². The van der Waals surface area contributed by atoms with E-state index in [1.165, 1.54) is 12.1 Å². The summed E-state index contributed by atoms with van der Waals surface area (Å²) in [7, 11) is 0. The molecule has 0 aliphatic heterocycles. The van der Waals surface area contributed by atoms with Crippen molar-refractivity contribution in [3.63, 3.8) is 0 Å². The molecule has 3 rings (SSSR count). The summed E-state index contributed by atoms with van der Waals surface area (Å²) in [5.41, 5.74) is -0.694. The van der Waals surface area contributed by atoms with Crippen molar-refractivity contribution in [1.82, 2.24) is 4.90 Å². The normalized spacial score (nSPS) is 11.4. The van der Waals surface area contributed by atoms with Crippen molar-refractivity contribution < 1.29 is 17.6 Å². The first kappa shape index (κ1) is 19.7. The van der Waals surface area contributed by atoms with Crippen LogP contribution >= 0.6 is 35.2 Å². The SMILES string of the molecule is FC(F)(F)c1cc(NC(=S)N(Cc2ccco2)Cc2cccs2)ccc1Cl. The number of hydrogen-bond acceptors (Lipinski definition) is 3. The summed E-state index contributed by atoms with van der Waals surface area (Å²) in [6.45, 7) is 0.889. The molecule has 2 aromatic heterocycles. The van der Waals surface area contributed by atoms with Crippen molar-refractivity contribution in [3.8, 4) is 0 Å². The standard InChI is InChI=1S/C18H14ClF3N2OS2/c19-16-6-5-12(9-15(16)18(20,21)22)23-17(26)24(10-13-3-1-7-25-13)11-14-4-2-8-27-14/h1-9H,10-11H2,(H,23,26). The van der Waals surface area contributed by atoms with Crippen LogP contribution in [0.2, 0.25) is 5.02 Å². The van der Waals surface area contributed by atoms with Crippen molar-refractivity contribution in [2.45, 2.75) is 19.3 Å². The molecule has 142 valence electrons. The lowest BCUT2D eigenvalue weighted by Crippen LogP contribution is -2.33. The maximum atomic E-state index is 13.1. The molecule has 0 unspecified atom stereocenters. The number of hydrogen-bond donors (Lipinski definition) is 1. The lowest BCUT2D eigenvalue weighted by atomic mass is 10.2. The highest BCUT2D eigenvalue weighted by molar-refractivity contribution is 7.80. The Bertz CT molecular complexity index is 860. The van der Waals surface area contributed by atoms with Gasteiger partial charge < -0.3 is 14.6 Å². The molecule has 0 radical (unpaired) electrons. The molecule has 0 spiro atoms. The van der Waals surface area contributed by atoms with Crippen LogP contribution in [0.25, 0.3) is 0 Å². The van der Waals surface area contributed by atoms with E-state index in [2.05, 4.69) is 5.32 Å². The monoisotopic (exact) mass is 430 g/mol. The molecule has 0 aliphatic rings. The van der Waals surface area contributed by atoms with Crippen LogP contribution in [0.1, 0.15) is 16.2 Å².